The van der Waals surface area contributed by atoms with Gasteiger partial charge in [0.15, 0.2) is 0 Å². The first-order valence-corrected chi connectivity index (χ1v) is 4.41. The Kier molecular flexibility index (Phi) is 16.5. The first kappa shape index (κ1) is 9.32. The van der Waals surface area contributed by atoms with Gasteiger partial charge in [-0.25, -0.2) is 0 Å². The van der Waals surface area contributed by atoms with Gasteiger partial charge in [-0.3, -0.25) is 0 Å². The first-order chi connectivity index (χ1) is 1.91. The maximum atomic E-state index is 9.11. The molecule has 0 saturated carbocycles. The van der Waals surface area contributed by atoms with Gasteiger partial charge in [-0.15, -0.1) is 0 Å². The van der Waals surface area contributed by atoms with Crippen LogP contribution in [0.2, 0.25) is 0 Å². The fourth-order valence-electron chi connectivity index (χ4n) is 0. The number of rotatable bonds is 1. The van der Waals surface area contributed by atoms with Crippen molar-refractivity contribution < 1.29 is 35.1 Å². The fourth-order valence-corrected chi connectivity index (χ4v) is 0. The molecule has 0 saturated heterocycles. The normalized spacial score (nSPS) is 4.00. The van der Waals surface area contributed by atoms with E-state index in [0.717, 1.165) is 0 Å². The number of hydrogen-bond donors (Lipinski definition) is 0. The second-order valence-corrected chi connectivity index (χ2v) is 2.45. The number of hydrogen-bond acceptors (Lipinski definition) is 2. The van der Waals surface area contributed by atoms with Crippen LogP contribution in [0.25, 0.3) is 0 Å². The quantitative estimate of drug-likeness (QED) is 0.460. The minimum Gasteiger partial charge on any atom is -0.389 e. The average Bonchev–Trinajstić information content (AvgIpc) is 1.37. The van der Waals surface area contributed by atoms with Gasteiger partial charge < -0.3 is 8.92 Å². The van der Waals surface area contributed by atoms with Gasteiger partial charge in [0.2, 0.25) is 0 Å². The third-order valence-corrected chi connectivity index (χ3v) is 0.500. The van der Waals surface area contributed by atoms with Crippen LogP contribution in [-0.4, -0.2) is 17.8 Å². The van der Waals surface area contributed by atoms with Crippen LogP contribution >= 0.6 is 0 Å². The van der Waals surface area contributed by atoms with Crippen molar-refractivity contribution in [2.45, 2.75) is 0 Å². The molecular weight excluding hydrogens is 179 g/mol. The maximum Gasteiger partial charge on any atom is 0.307 e. The summed E-state index contributed by atoms with van der Waals surface area (Å²) in [6, 6.07) is 0. The van der Waals surface area contributed by atoms with Crippen molar-refractivity contribution >= 4 is 17.8 Å². The predicted octanol–water partition coefficient (Wildman–Crippen LogP) is -1.54. The third-order valence-electron chi connectivity index (χ3n) is 0.0556. The Hall–Kier alpha value is 0.917. The Labute approximate surface area is 53.0 Å². The van der Waals surface area contributed by atoms with Crippen molar-refractivity contribution in [3.05, 3.63) is 0 Å². The van der Waals surface area contributed by atoms with Gasteiger partial charge in [-0.2, -0.15) is 0 Å². The molecule has 0 N–H and O–H groups in total. The molecule has 5 heavy (non-hydrogen) atoms. The second kappa shape index (κ2) is 8.87. The van der Waals surface area contributed by atoms with E-state index >= 15 is 0 Å². The van der Waals surface area contributed by atoms with Gasteiger partial charge in [-0.05, 0) is 0 Å². The Balaban J connectivity index is 0. The molecule has 0 aromatic carbocycles. The second-order valence-electron chi connectivity index (χ2n) is 0.272. The minimum absolute atomic E-state index is 0. The molecule has 0 rings (SSSR count). The Morgan fingerprint density at radius 3 is 1.20 bits per heavy atom. The van der Waals surface area contributed by atoms with E-state index in [1.807, 2.05) is 0 Å². The summed E-state index contributed by atoms with van der Waals surface area (Å²) in [6.07, 6.45) is 0. The van der Waals surface area contributed by atoms with E-state index in [0.29, 0.717) is 0 Å². The molecule has 0 radical (unpaired) electrons. The van der Waals surface area contributed by atoms with Crippen LogP contribution in [0.1, 0.15) is 0 Å². The van der Waals surface area contributed by atoms with Crippen molar-refractivity contribution in [2.75, 3.05) is 0 Å². The van der Waals surface area contributed by atoms with E-state index in [4.69, 9.17) is 8.92 Å². The fraction of sp³-hybridized carbons (Fsp3) is 0. The van der Waals surface area contributed by atoms with E-state index in [-0.39, 0.29) is 26.2 Å². The third kappa shape index (κ3) is 11.4. The maximum absolute atomic E-state index is 9.11. The molecule has 0 atom stereocenters. The van der Waals surface area contributed by atoms with E-state index < -0.39 is 17.8 Å². The van der Waals surface area contributed by atoms with Crippen molar-refractivity contribution in [3.8, 4) is 0 Å². The average molecular weight is 181 g/mol. The summed E-state index contributed by atoms with van der Waals surface area (Å²) in [5.74, 6) is 0. The Morgan fingerprint density at radius 2 is 1.20 bits per heavy atom. The van der Waals surface area contributed by atoms with Crippen LogP contribution in [0, 0.1) is 0 Å². The summed E-state index contributed by atoms with van der Waals surface area (Å²) < 4.78 is 18.2. The van der Waals surface area contributed by atoms with Crippen LogP contribution in [0.5, 0.6) is 0 Å². The minimum atomic E-state index is -0.940. The zero-order chi connectivity index (χ0) is 3.41. The van der Waals surface area contributed by atoms with Gasteiger partial charge in [0.25, 0.3) is 0 Å². The van der Waals surface area contributed by atoms with E-state index in [2.05, 4.69) is 0 Å². The molecule has 26 valence electrons. The molecule has 0 unspecified atom stereocenters. The van der Waals surface area contributed by atoms with Crippen molar-refractivity contribution in [1.29, 1.82) is 0 Å². The molecule has 2 nitrogen and oxygen atoms in total. The first-order valence-electron chi connectivity index (χ1n) is 0.805. The molecule has 0 aliphatic rings. The van der Waals surface area contributed by atoms with E-state index in [1.54, 1.807) is 0 Å². The summed E-state index contributed by atoms with van der Waals surface area (Å²) >= 11 is 0. The molecular formula is H2O2Si2Zr. The van der Waals surface area contributed by atoms with Crippen molar-refractivity contribution in [3.63, 3.8) is 0 Å². The van der Waals surface area contributed by atoms with Crippen LogP contribution < -0.4 is 0 Å². The summed E-state index contributed by atoms with van der Waals surface area (Å²) in [6.45, 7) is 0. The molecule has 0 bridgehead atoms. The zero-order valence-corrected chi connectivity index (χ0v) is 7.24. The molecule has 5 heteroatoms. The molecule has 0 aromatic heterocycles. The van der Waals surface area contributed by atoms with Gasteiger partial charge >= 0.3 is 17.8 Å². The van der Waals surface area contributed by atoms with Gasteiger partial charge in [0.1, 0.15) is 0 Å². The van der Waals surface area contributed by atoms with Crippen molar-refractivity contribution in [2.24, 2.45) is 0 Å². The largest absolute Gasteiger partial charge is 0.389 e. The standard InChI is InChI=1S/H2O2Si2.Zr/c1-3-4-2;/h3-4H;. The van der Waals surface area contributed by atoms with Crippen LogP contribution in [0.15, 0.2) is 0 Å². The smallest absolute Gasteiger partial charge is 0.307 e. The summed E-state index contributed by atoms with van der Waals surface area (Å²) in [4.78, 5) is 0. The van der Waals surface area contributed by atoms with Gasteiger partial charge in [-0.1, -0.05) is 0 Å². The Bertz CT molecular complexity index is 28.6. The molecule has 0 aromatic rings. The Morgan fingerprint density at radius 1 is 1.00 bits per heavy atom. The predicted molar refractivity (Wildman–Crippen MR) is 15.7 cm³/mol. The summed E-state index contributed by atoms with van der Waals surface area (Å²) in [5, 5.41) is 0. The molecule has 0 aliphatic heterocycles. The van der Waals surface area contributed by atoms with Gasteiger partial charge in [0.05, 0.1) is 0 Å². The van der Waals surface area contributed by atoms with Gasteiger partial charge in [0, 0.05) is 26.2 Å². The van der Waals surface area contributed by atoms with E-state index in [9.17, 15) is 0 Å². The van der Waals surface area contributed by atoms with Crippen LogP contribution in [0.3, 0.4) is 0 Å². The van der Waals surface area contributed by atoms with Crippen molar-refractivity contribution in [1.82, 2.24) is 0 Å². The topological polar surface area (TPSA) is 34.1 Å². The molecule has 0 amide bonds. The monoisotopic (exact) mass is 180 g/mol. The molecule has 0 aliphatic carbocycles. The molecule has 0 heterocycles. The van der Waals surface area contributed by atoms with Crippen LogP contribution in [-0.2, 0) is 35.1 Å². The van der Waals surface area contributed by atoms with Crippen LogP contribution in [0.4, 0.5) is 0 Å². The zero-order valence-electron chi connectivity index (χ0n) is 2.47. The molecule has 0 spiro atoms. The van der Waals surface area contributed by atoms with E-state index in [1.165, 1.54) is 0 Å². The summed E-state index contributed by atoms with van der Waals surface area (Å²) in [7, 11) is -1.88. The SMILES string of the molecule is O=[SiH][SiH]=O.[Zr]. The summed E-state index contributed by atoms with van der Waals surface area (Å²) in [5.41, 5.74) is 0. The molecule has 0 fully saturated rings.